The molecule has 17 atom stereocenters. The average Bonchev–Trinajstić information content (AvgIpc) is 0.780. The first-order chi connectivity index (χ1) is 51.8. The molecule has 3 heterocycles. The molecular formula is C87H151NO18. The normalized spacial score (nSPS) is 26.2. The second-order valence-electron chi connectivity index (χ2n) is 29.6. The summed E-state index contributed by atoms with van der Waals surface area (Å²) in [5, 5.41) is 121. The Bertz CT molecular complexity index is 2340. The highest BCUT2D eigenvalue weighted by Gasteiger charge is 2.54. The van der Waals surface area contributed by atoms with E-state index in [1.54, 1.807) is 6.08 Å². The number of carbonyl (C=O) groups is 1. The summed E-state index contributed by atoms with van der Waals surface area (Å²) < 4.78 is 34.5. The number of hydrogen-bond donors (Lipinski definition) is 12. The Hall–Kier alpha value is -3.55. The van der Waals surface area contributed by atoms with Gasteiger partial charge in [0.2, 0.25) is 5.91 Å². The molecule has 19 nitrogen and oxygen atoms in total. The minimum Gasteiger partial charge on any atom is -0.394 e. The highest BCUT2D eigenvalue weighted by molar-refractivity contribution is 5.76. The predicted molar refractivity (Wildman–Crippen MR) is 424 cm³/mol. The summed E-state index contributed by atoms with van der Waals surface area (Å²) in [5.74, 6) is -0.293. The number of nitrogens with one attached hydrogen (secondary N) is 1. The van der Waals surface area contributed by atoms with Gasteiger partial charge < -0.3 is 89.9 Å². The van der Waals surface area contributed by atoms with E-state index in [-0.39, 0.29) is 18.9 Å². The first-order valence-corrected chi connectivity index (χ1v) is 42.1. The third-order valence-corrected chi connectivity index (χ3v) is 20.3. The first kappa shape index (κ1) is 96.6. The Morgan fingerprint density at radius 1 is 0.349 bits per heavy atom. The van der Waals surface area contributed by atoms with Crippen molar-refractivity contribution in [1.82, 2.24) is 5.32 Å². The monoisotopic (exact) mass is 1500 g/mol. The second kappa shape index (κ2) is 66.1. The van der Waals surface area contributed by atoms with Crippen LogP contribution in [0.5, 0.6) is 0 Å². The molecule has 0 saturated carbocycles. The lowest BCUT2D eigenvalue weighted by Gasteiger charge is -2.48. The first-order valence-electron chi connectivity index (χ1n) is 42.1. The molecule has 612 valence electrons. The molecule has 0 spiro atoms. The van der Waals surface area contributed by atoms with Crippen molar-refractivity contribution in [1.29, 1.82) is 0 Å². The number of allylic oxidation sites excluding steroid dienone is 17. The van der Waals surface area contributed by atoms with Crippen LogP contribution in [0.2, 0.25) is 0 Å². The quantitative estimate of drug-likeness (QED) is 0.0199. The van der Waals surface area contributed by atoms with Crippen molar-refractivity contribution in [2.75, 3.05) is 26.4 Å². The number of aliphatic hydroxyl groups excluding tert-OH is 11. The summed E-state index contributed by atoms with van der Waals surface area (Å²) in [6.07, 6.45) is 65.0. The average molecular weight is 1500 g/mol. The molecule has 0 aromatic heterocycles. The second-order valence-corrected chi connectivity index (χ2v) is 29.6. The molecule has 3 aliphatic heterocycles. The van der Waals surface area contributed by atoms with Crippen molar-refractivity contribution < 1.29 is 89.4 Å². The summed E-state index contributed by atoms with van der Waals surface area (Å²) >= 11 is 0. The third-order valence-electron chi connectivity index (χ3n) is 20.3. The molecule has 106 heavy (non-hydrogen) atoms. The van der Waals surface area contributed by atoms with E-state index in [9.17, 15) is 61.0 Å². The Balaban J connectivity index is 1.38. The van der Waals surface area contributed by atoms with Crippen molar-refractivity contribution >= 4 is 5.91 Å². The number of hydrogen-bond acceptors (Lipinski definition) is 18. The summed E-state index contributed by atoms with van der Waals surface area (Å²) in [6.45, 7) is 1.62. The van der Waals surface area contributed by atoms with Gasteiger partial charge in [0.15, 0.2) is 18.9 Å². The molecule has 19 heteroatoms. The van der Waals surface area contributed by atoms with E-state index >= 15 is 0 Å². The number of carbonyl (C=O) groups excluding carboxylic acids is 1. The van der Waals surface area contributed by atoms with Crippen LogP contribution < -0.4 is 5.32 Å². The molecule has 0 aromatic rings. The topological polar surface area (TPSA) is 307 Å². The van der Waals surface area contributed by atoms with E-state index < -0.39 is 124 Å². The van der Waals surface area contributed by atoms with Crippen molar-refractivity contribution in [3.05, 3.63) is 109 Å². The van der Waals surface area contributed by atoms with Gasteiger partial charge in [-0.3, -0.25) is 4.79 Å². The lowest BCUT2D eigenvalue weighted by molar-refractivity contribution is -0.379. The minimum absolute atomic E-state index is 0.222. The van der Waals surface area contributed by atoms with Crippen LogP contribution >= 0.6 is 0 Å². The maximum Gasteiger partial charge on any atom is 0.220 e. The van der Waals surface area contributed by atoms with Gasteiger partial charge in [0.25, 0.3) is 0 Å². The van der Waals surface area contributed by atoms with Crippen LogP contribution in [0.15, 0.2) is 109 Å². The smallest absolute Gasteiger partial charge is 0.220 e. The van der Waals surface area contributed by atoms with E-state index in [4.69, 9.17) is 28.4 Å². The zero-order valence-electron chi connectivity index (χ0n) is 65.6. The number of amides is 1. The van der Waals surface area contributed by atoms with Crippen LogP contribution in [0.3, 0.4) is 0 Å². The van der Waals surface area contributed by atoms with Crippen molar-refractivity contribution in [3.8, 4) is 0 Å². The van der Waals surface area contributed by atoms with Gasteiger partial charge in [0.1, 0.15) is 73.2 Å². The predicted octanol–water partition coefficient (Wildman–Crippen LogP) is 14.9. The molecule has 3 rings (SSSR count). The van der Waals surface area contributed by atoms with Gasteiger partial charge in [-0.2, -0.15) is 0 Å². The summed E-state index contributed by atoms with van der Waals surface area (Å²) in [5.41, 5.74) is 0. The molecule has 0 aliphatic carbocycles. The van der Waals surface area contributed by atoms with Gasteiger partial charge in [-0.05, 0) is 89.9 Å². The number of ether oxygens (including phenoxy) is 6. The minimum atomic E-state index is -1.99. The van der Waals surface area contributed by atoms with Crippen molar-refractivity contribution in [3.63, 3.8) is 0 Å². The van der Waals surface area contributed by atoms with Gasteiger partial charge in [0.05, 0.1) is 38.6 Å². The summed E-state index contributed by atoms with van der Waals surface area (Å²) in [7, 11) is 0. The molecule has 17 unspecified atom stereocenters. The molecule has 0 bridgehead atoms. The molecule has 3 aliphatic rings. The third kappa shape index (κ3) is 45.1. The summed E-state index contributed by atoms with van der Waals surface area (Å²) in [6, 6.07) is -1.00. The molecule has 0 aromatic carbocycles. The maximum atomic E-state index is 13.5. The van der Waals surface area contributed by atoms with E-state index in [1.807, 2.05) is 6.08 Å². The van der Waals surface area contributed by atoms with Crippen LogP contribution in [-0.2, 0) is 33.2 Å². The van der Waals surface area contributed by atoms with Gasteiger partial charge in [-0.1, -0.05) is 316 Å². The maximum absolute atomic E-state index is 13.5. The fourth-order valence-electron chi connectivity index (χ4n) is 13.6. The number of aliphatic hydroxyl groups is 11. The standard InChI is InChI=1S/C87H151NO18/c1-3-5-7-9-11-13-15-17-19-21-23-25-27-29-31-33-35-37-39-41-43-45-47-49-51-53-55-57-59-61-63-65-75(93)88-70(71(92)64-62-60-58-56-54-52-50-48-46-44-42-40-38-36-34-32-30-28-26-24-22-20-18-16-14-12-10-8-6-4-2)69-101-85-81(99)78(96)83(73(67-90)103-85)106-87-82(100)79(97)84(74(68-91)104-87)105-86-80(98)77(95)76(94)72(66-89)102-86/h5,7,11,13,17,19,23,25,29,31,35,37,41,43,54,56,62,64,70-74,76-87,89-92,94-100H,3-4,6,8-10,12,14-16,18,20-22,24,26-28,30,32-34,36,38-40,42,44-53,55,57-61,63,65-69H2,1-2H3,(H,88,93)/b7-5-,13-11-,19-17-,25-23-,31-29-,37-35-,43-41-,56-54+,64-62+. The highest BCUT2D eigenvalue weighted by atomic mass is 16.8. The van der Waals surface area contributed by atoms with Crippen LogP contribution in [0.1, 0.15) is 303 Å². The lowest BCUT2D eigenvalue weighted by atomic mass is 9.96. The SMILES string of the molecule is CC/C=C\C/C=C\C/C=C\C/C=C\C/C=C\C/C=C\C/C=C\CCCCCCCCCCCC(=O)NC(COC1OC(CO)C(OC2OC(CO)C(OC3OC(CO)C(O)C(O)C3O)C(O)C2O)C(O)C1O)C(O)/C=C/CC/C=C/CCCCCCCCCCCCCCCCCCCCCCCCCC. The number of unbranched alkanes of at least 4 members (excludes halogenated alkanes) is 34. The molecular weight excluding hydrogens is 1350 g/mol. The van der Waals surface area contributed by atoms with Gasteiger partial charge >= 0.3 is 0 Å². The fourth-order valence-corrected chi connectivity index (χ4v) is 13.6. The fraction of sp³-hybridized carbons (Fsp3) is 0.782. The Kier molecular flexibility index (Phi) is 60.3. The van der Waals surface area contributed by atoms with Crippen LogP contribution in [0.4, 0.5) is 0 Å². The van der Waals surface area contributed by atoms with E-state index in [1.165, 1.54) is 173 Å². The Labute approximate surface area is 640 Å². The lowest BCUT2D eigenvalue weighted by Crippen LogP contribution is -2.66. The number of rotatable bonds is 66. The van der Waals surface area contributed by atoms with E-state index in [0.29, 0.717) is 12.8 Å². The Morgan fingerprint density at radius 2 is 0.660 bits per heavy atom. The van der Waals surface area contributed by atoms with Gasteiger partial charge in [-0.25, -0.2) is 0 Å². The Morgan fingerprint density at radius 3 is 1.06 bits per heavy atom. The van der Waals surface area contributed by atoms with Gasteiger partial charge in [-0.15, -0.1) is 0 Å². The molecule has 0 radical (unpaired) electrons. The molecule has 12 N–H and O–H groups in total. The van der Waals surface area contributed by atoms with E-state index in [0.717, 1.165) is 96.3 Å². The van der Waals surface area contributed by atoms with Crippen molar-refractivity contribution in [2.45, 2.75) is 407 Å². The van der Waals surface area contributed by atoms with Gasteiger partial charge in [0, 0.05) is 6.42 Å². The van der Waals surface area contributed by atoms with Crippen molar-refractivity contribution in [2.24, 2.45) is 0 Å². The summed E-state index contributed by atoms with van der Waals surface area (Å²) in [4.78, 5) is 13.5. The van der Waals surface area contributed by atoms with Crippen LogP contribution in [-0.4, -0.2) is 193 Å². The zero-order chi connectivity index (χ0) is 76.7. The molecule has 3 saturated heterocycles. The molecule has 1 amide bonds. The van der Waals surface area contributed by atoms with Crippen LogP contribution in [0.25, 0.3) is 0 Å². The van der Waals surface area contributed by atoms with E-state index in [2.05, 4.69) is 116 Å². The highest BCUT2D eigenvalue weighted by Crippen LogP contribution is 2.33. The largest absolute Gasteiger partial charge is 0.394 e. The van der Waals surface area contributed by atoms with Crippen LogP contribution in [0, 0.1) is 0 Å². The zero-order valence-corrected chi connectivity index (χ0v) is 65.6. The molecule has 3 fully saturated rings.